The van der Waals surface area contributed by atoms with Gasteiger partial charge in [-0.15, -0.1) is 0 Å². The Labute approximate surface area is 117 Å². The van der Waals surface area contributed by atoms with Crippen LogP contribution in [0.4, 0.5) is 13.2 Å². The third kappa shape index (κ3) is 2.76. The second-order valence-corrected chi connectivity index (χ2v) is 4.34. The lowest BCUT2D eigenvalue weighted by Gasteiger charge is -2.15. The van der Waals surface area contributed by atoms with Gasteiger partial charge in [0.25, 0.3) is 0 Å². The zero-order chi connectivity index (χ0) is 15.8. The summed E-state index contributed by atoms with van der Waals surface area (Å²) >= 11 is 0. The third-order valence-corrected chi connectivity index (χ3v) is 2.95. The van der Waals surface area contributed by atoms with Crippen molar-refractivity contribution in [2.75, 3.05) is 0 Å². The van der Waals surface area contributed by atoms with Gasteiger partial charge in [0, 0.05) is 5.56 Å². The number of nitrogen functional groups attached to an aromatic ring is 1. The Kier molecular flexibility index (Phi) is 3.51. The molecule has 2 aromatic carbocycles. The lowest BCUT2D eigenvalue weighted by atomic mass is 9.97. The fraction of sp³-hybridized carbons (Fsp3) is 0.0714. The summed E-state index contributed by atoms with van der Waals surface area (Å²) in [6.45, 7) is 0. The minimum atomic E-state index is -4.82. The molecular formula is C14H11F3N2O2. The average Bonchev–Trinajstić information content (AvgIpc) is 2.40. The topological polar surface area (TPSA) is 90.3 Å². The lowest BCUT2D eigenvalue weighted by molar-refractivity contribution is -0.138. The second kappa shape index (κ2) is 5.01. The van der Waals surface area contributed by atoms with Gasteiger partial charge in [-0.05, 0) is 23.3 Å². The van der Waals surface area contributed by atoms with E-state index in [1.54, 1.807) is 0 Å². The van der Waals surface area contributed by atoms with Gasteiger partial charge in [0.1, 0.15) is 11.4 Å². The number of benzene rings is 2. The average molecular weight is 296 g/mol. The summed E-state index contributed by atoms with van der Waals surface area (Å²) < 4.78 is 39.2. The quantitative estimate of drug-likeness (QED) is 0.390. The maximum atomic E-state index is 13.1. The molecule has 21 heavy (non-hydrogen) atoms. The van der Waals surface area contributed by atoms with Crippen molar-refractivity contribution in [1.29, 1.82) is 5.41 Å². The smallest absolute Gasteiger partial charge is 0.420 e. The number of rotatable bonds is 2. The van der Waals surface area contributed by atoms with Gasteiger partial charge in [-0.2, -0.15) is 13.2 Å². The number of phenols is 2. The summed E-state index contributed by atoms with van der Waals surface area (Å²) in [6.07, 6.45) is -4.82. The molecule has 0 saturated carbocycles. The van der Waals surface area contributed by atoms with E-state index in [0.717, 1.165) is 12.1 Å². The zero-order valence-electron chi connectivity index (χ0n) is 10.6. The maximum Gasteiger partial charge on any atom is 0.420 e. The molecule has 0 atom stereocenters. The maximum absolute atomic E-state index is 13.1. The standard InChI is InChI=1S/C14H11F3N2O2/c15-14(16,17)11-9(5-6-10(20)12(11)21)7-1-3-8(4-2-7)13(18)19/h1-6,20-21H,(H3,18,19). The van der Waals surface area contributed by atoms with Gasteiger partial charge in [0.2, 0.25) is 0 Å². The molecule has 7 heteroatoms. The van der Waals surface area contributed by atoms with Crippen molar-refractivity contribution in [3.8, 4) is 22.6 Å². The van der Waals surface area contributed by atoms with Crippen molar-refractivity contribution in [2.24, 2.45) is 5.73 Å². The number of nitrogens with one attached hydrogen (secondary N) is 1. The van der Waals surface area contributed by atoms with E-state index in [-0.39, 0.29) is 17.0 Å². The van der Waals surface area contributed by atoms with Gasteiger partial charge < -0.3 is 15.9 Å². The predicted molar refractivity (Wildman–Crippen MR) is 71.2 cm³/mol. The zero-order valence-corrected chi connectivity index (χ0v) is 10.6. The molecule has 0 fully saturated rings. The van der Waals surface area contributed by atoms with Gasteiger partial charge in [-0.3, -0.25) is 5.41 Å². The van der Waals surface area contributed by atoms with Crippen LogP contribution in [-0.2, 0) is 6.18 Å². The normalized spacial score (nSPS) is 11.4. The van der Waals surface area contributed by atoms with Gasteiger partial charge >= 0.3 is 6.18 Å². The molecule has 0 aromatic heterocycles. The van der Waals surface area contributed by atoms with Gasteiger partial charge in [-0.1, -0.05) is 24.3 Å². The van der Waals surface area contributed by atoms with Crippen molar-refractivity contribution < 1.29 is 23.4 Å². The minimum Gasteiger partial charge on any atom is -0.504 e. The van der Waals surface area contributed by atoms with E-state index in [4.69, 9.17) is 11.1 Å². The fourth-order valence-corrected chi connectivity index (χ4v) is 1.94. The largest absolute Gasteiger partial charge is 0.504 e. The second-order valence-electron chi connectivity index (χ2n) is 4.34. The first-order valence-corrected chi connectivity index (χ1v) is 5.78. The Morgan fingerprint density at radius 1 is 1.00 bits per heavy atom. The van der Waals surface area contributed by atoms with Gasteiger partial charge in [0.15, 0.2) is 11.5 Å². The van der Waals surface area contributed by atoms with E-state index in [9.17, 15) is 23.4 Å². The predicted octanol–water partition coefficient (Wildman–Crippen LogP) is 3.07. The van der Waals surface area contributed by atoms with Crippen LogP contribution in [0, 0.1) is 5.41 Å². The molecular weight excluding hydrogens is 285 g/mol. The monoisotopic (exact) mass is 296 g/mol. The van der Waals surface area contributed by atoms with Crippen molar-refractivity contribution in [3.63, 3.8) is 0 Å². The van der Waals surface area contributed by atoms with Crippen molar-refractivity contribution in [1.82, 2.24) is 0 Å². The Balaban J connectivity index is 2.64. The minimum absolute atomic E-state index is 0.183. The number of hydrogen-bond acceptors (Lipinski definition) is 3. The molecule has 0 aliphatic heterocycles. The molecule has 0 radical (unpaired) electrons. The van der Waals surface area contributed by atoms with E-state index in [1.165, 1.54) is 24.3 Å². The van der Waals surface area contributed by atoms with Crippen LogP contribution in [0.15, 0.2) is 36.4 Å². The van der Waals surface area contributed by atoms with E-state index >= 15 is 0 Å². The number of halogens is 3. The van der Waals surface area contributed by atoms with E-state index < -0.39 is 23.2 Å². The van der Waals surface area contributed by atoms with Crippen molar-refractivity contribution in [2.45, 2.75) is 6.18 Å². The van der Waals surface area contributed by atoms with Crippen molar-refractivity contribution in [3.05, 3.63) is 47.5 Å². The van der Waals surface area contributed by atoms with Crippen LogP contribution in [-0.4, -0.2) is 16.0 Å². The Hall–Kier alpha value is -2.70. The first-order valence-electron chi connectivity index (χ1n) is 5.78. The number of phenolic OH excluding ortho intramolecular Hbond substituents is 2. The first kappa shape index (κ1) is 14.7. The fourth-order valence-electron chi connectivity index (χ4n) is 1.94. The molecule has 5 N–H and O–H groups in total. The molecule has 0 bridgehead atoms. The summed E-state index contributed by atoms with van der Waals surface area (Å²) in [6, 6.07) is 7.58. The number of alkyl halides is 3. The molecule has 0 aliphatic rings. The van der Waals surface area contributed by atoms with Crippen LogP contribution < -0.4 is 5.73 Å². The highest BCUT2D eigenvalue weighted by Crippen LogP contribution is 2.46. The molecule has 0 unspecified atom stereocenters. The number of amidine groups is 1. The van der Waals surface area contributed by atoms with Crippen molar-refractivity contribution >= 4 is 5.84 Å². The molecule has 110 valence electrons. The SMILES string of the molecule is N=C(N)c1ccc(-c2ccc(O)c(O)c2C(F)(F)F)cc1. The summed E-state index contributed by atoms with van der Waals surface area (Å²) in [7, 11) is 0. The number of hydrogen-bond donors (Lipinski definition) is 4. The Morgan fingerprint density at radius 3 is 2.05 bits per heavy atom. The molecule has 0 heterocycles. The summed E-state index contributed by atoms with van der Waals surface area (Å²) in [5.74, 6) is -2.26. The van der Waals surface area contributed by atoms with Crippen LogP contribution in [0.5, 0.6) is 11.5 Å². The van der Waals surface area contributed by atoms with Crippen LogP contribution in [0.25, 0.3) is 11.1 Å². The number of aromatic hydroxyl groups is 2. The summed E-state index contributed by atoms with van der Waals surface area (Å²) in [5.41, 5.74) is 4.25. The van der Waals surface area contributed by atoms with Crippen LogP contribution in [0.3, 0.4) is 0 Å². The summed E-state index contributed by atoms with van der Waals surface area (Å²) in [4.78, 5) is 0. The Morgan fingerprint density at radius 2 is 1.57 bits per heavy atom. The molecule has 2 aromatic rings. The molecule has 0 saturated heterocycles. The highest BCUT2D eigenvalue weighted by Gasteiger charge is 2.38. The highest BCUT2D eigenvalue weighted by molar-refractivity contribution is 5.95. The van der Waals surface area contributed by atoms with Gasteiger partial charge in [-0.25, -0.2) is 0 Å². The van der Waals surface area contributed by atoms with Crippen LogP contribution in [0.2, 0.25) is 0 Å². The molecule has 4 nitrogen and oxygen atoms in total. The van der Waals surface area contributed by atoms with Crippen LogP contribution in [0.1, 0.15) is 11.1 Å². The highest BCUT2D eigenvalue weighted by atomic mass is 19.4. The summed E-state index contributed by atoms with van der Waals surface area (Å²) in [5, 5.41) is 26.0. The lowest BCUT2D eigenvalue weighted by Crippen LogP contribution is -2.11. The van der Waals surface area contributed by atoms with Gasteiger partial charge in [0.05, 0.1) is 0 Å². The Bertz CT molecular complexity index is 695. The van der Waals surface area contributed by atoms with E-state index in [2.05, 4.69) is 0 Å². The third-order valence-electron chi connectivity index (χ3n) is 2.95. The van der Waals surface area contributed by atoms with E-state index in [0.29, 0.717) is 5.56 Å². The van der Waals surface area contributed by atoms with E-state index in [1.807, 2.05) is 0 Å². The van der Waals surface area contributed by atoms with Crippen LogP contribution >= 0.6 is 0 Å². The molecule has 0 aliphatic carbocycles. The number of nitrogens with two attached hydrogens (primary N) is 1. The molecule has 0 amide bonds. The molecule has 0 spiro atoms. The first-order chi connectivity index (χ1) is 9.71. The molecule has 2 rings (SSSR count).